The van der Waals surface area contributed by atoms with E-state index in [0.29, 0.717) is 12.0 Å². The molecule has 68 valence electrons. The minimum Gasteiger partial charge on any atom is -0.469 e. The first-order chi connectivity index (χ1) is 5.69. The van der Waals surface area contributed by atoms with Gasteiger partial charge in [-0.15, -0.1) is 0 Å². The fourth-order valence-corrected chi connectivity index (χ4v) is 1.38. The number of hydrogen-bond donors (Lipinski definition) is 2. The van der Waals surface area contributed by atoms with E-state index in [2.05, 4.69) is 4.74 Å². The van der Waals surface area contributed by atoms with Crippen molar-refractivity contribution >= 4 is 5.97 Å². The summed E-state index contributed by atoms with van der Waals surface area (Å²) in [6.07, 6.45) is 1.20. The number of ether oxygens (including phenoxy) is 1. The highest BCUT2D eigenvalue weighted by Gasteiger charge is 2.31. The summed E-state index contributed by atoms with van der Waals surface area (Å²) in [5.74, 6) is -0.859. The molecular weight excluding hydrogens is 160 g/mol. The van der Waals surface area contributed by atoms with E-state index in [1.54, 1.807) is 0 Å². The van der Waals surface area contributed by atoms with Gasteiger partial charge in [-0.25, -0.2) is 0 Å². The Morgan fingerprint density at radius 3 is 3.00 bits per heavy atom. The van der Waals surface area contributed by atoms with E-state index in [9.17, 15) is 4.79 Å². The van der Waals surface area contributed by atoms with Crippen LogP contribution in [0.2, 0.25) is 0 Å². The van der Waals surface area contributed by atoms with Gasteiger partial charge in [0.05, 0.1) is 25.7 Å². The van der Waals surface area contributed by atoms with Gasteiger partial charge in [0.1, 0.15) is 0 Å². The van der Waals surface area contributed by atoms with Crippen LogP contribution in [0.15, 0.2) is 11.6 Å². The largest absolute Gasteiger partial charge is 0.469 e. The SMILES string of the molecule is COC(=O)[C@H]1C[C@@H](O)C=C1CO. The summed E-state index contributed by atoms with van der Waals surface area (Å²) < 4.78 is 4.51. The van der Waals surface area contributed by atoms with Crippen molar-refractivity contribution in [2.24, 2.45) is 5.92 Å². The van der Waals surface area contributed by atoms with Crippen LogP contribution in [0.1, 0.15) is 6.42 Å². The van der Waals surface area contributed by atoms with Gasteiger partial charge in [-0.3, -0.25) is 4.79 Å². The topological polar surface area (TPSA) is 66.8 Å². The molecule has 0 radical (unpaired) electrons. The average Bonchev–Trinajstić information content (AvgIpc) is 2.45. The maximum absolute atomic E-state index is 11.0. The predicted octanol–water partition coefficient (Wildman–Crippen LogP) is -0.541. The molecule has 0 spiro atoms. The highest BCUT2D eigenvalue weighted by atomic mass is 16.5. The molecule has 1 aliphatic rings. The Balaban J connectivity index is 2.68. The Hall–Kier alpha value is -0.870. The molecule has 2 N–H and O–H groups in total. The van der Waals surface area contributed by atoms with Crippen molar-refractivity contribution in [3.8, 4) is 0 Å². The van der Waals surface area contributed by atoms with Crippen molar-refractivity contribution in [2.75, 3.05) is 13.7 Å². The lowest BCUT2D eigenvalue weighted by Crippen LogP contribution is -2.18. The highest BCUT2D eigenvalue weighted by Crippen LogP contribution is 2.26. The van der Waals surface area contributed by atoms with Crippen LogP contribution in [0.3, 0.4) is 0 Å². The summed E-state index contributed by atoms with van der Waals surface area (Å²) in [6.45, 7) is -0.198. The lowest BCUT2D eigenvalue weighted by atomic mass is 10.0. The highest BCUT2D eigenvalue weighted by molar-refractivity contribution is 5.76. The quantitative estimate of drug-likeness (QED) is 0.433. The van der Waals surface area contributed by atoms with Gasteiger partial charge in [0.15, 0.2) is 0 Å². The second-order valence-corrected chi connectivity index (χ2v) is 2.78. The number of hydrogen-bond acceptors (Lipinski definition) is 4. The fourth-order valence-electron chi connectivity index (χ4n) is 1.38. The minimum absolute atomic E-state index is 0.198. The van der Waals surface area contributed by atoms with Crippen molar-refractivity contribution in [1.82, 2.24) is 0 Å². The molecule has 0 aromatic heterocycles. The maximum atomic E-state index is 11.0. The van der Waals surface area contributed by atoms with E-state index < -0.39 is 18.0 Å². The molecule has 1 rings (SSSR count). The molecule has 1 aliphatic carbocycles. The van der Waals surface area contributed by atoms with Gasteiger partial charge in [0.25, 0.3) is 0 Å². The van der Waals surface area contributed by atoms with E-state index >= 15 is 0 Å². The Morgan fingerprint density at radius 1 is 1.83 bits per heavy atom. The lowest BCUT2D eigenvalue weighted by molar-refractivity contribution is -0.144. The van der Waals surface area contributed by atoms with E-state index in [4.69, 9.17) is 10.2 Å². The molecule has 0 saturated heterocycles. The monoisotopic (exact) mass is 172 g/mol. The summed E-state index contributed by atoms with van der Waals surface area (Å²) >= 11 is 0. The second kappa shape index (κ2) is 3.69. The van der Waals surface area contributed by atoms with Crippen molar-refractivity contribution in [3.63, 3.8) is 0 Å². The van der Waals surface area contributed by atoms with Crippen LogP contribution >= 0.6 is 0 Å². The summed E-state index contributed by atoms with van der Waals surface area (Å²) in [7, 11) is 1.29. The number of aliphatic hydroxyl groups excluding tert-OH is 2. The van der Waals surface area contributed by atoms with Crippen LogP contribution in [0.4, 0.5) is 0 Å². The van der Waals surface area contributed by atoms with Crippen LogP contribution in [0, 0.1) is 5.92 Å². The molecule has 0 aliphatic heterocycles. The number of methoxy groups -OCH3 is 1. The number of rotatable bonds is 2. The molecule has 0 heterocycles. The lowest BCUT2D eigenvalue weighted by Gasteiger charge is -2.09. The van der Waals surface area contributed by atoms with Gasteiger partial charge in [-0.2, -0.15) is 0 Å². The van der Waals surface area contributed by atoms with Gasteiger partial charge in [0, 0.05) is 0 Å². The zero-order valence-electron chi connectivity index (χ0n) is 6.86. The standard InChI is InChI=1S/C8H12O4/c1-12-8(11)7-3-6(10)2-5(7)4-9/h2,6-7,9-10H,3-4H2,1H3/t6-,7-/m0/s1. The van der Waals surface area contributed by atoms with Crippen molar-refractivity contribution in [3.05, 3.63) is 11.6 Å². The first-order valence-electron chi connectivity index (χ1n) is 3.76. The van der Waals surface area contributed by atoms with Crippen LogP contribution in [0.25, 0.3) is 0 Å². The molecule has 12 heavy (non-hydrogen) atoms. The first-order valence-corrected chi connectivity index (χ1v) is 3.76. The molecule has 0 aromatic carbocycles. The summed E-state index contributed by atoms with van der Waals surface area (Å²) in [5.41, 5.74) is 0.550. The summed E-state index contributed by atoms with van der Waals surface area (Å²) in [5, 5.41) is 18.0. The number of carbonyl (C=O) groups excluding carboxylic acids is 1. The normalized spacial score (nSPS) is 28.4. The number of carbonyl (C=O) groups is 1. The fraction of sp³-hybridized carbons (Fsp3) is 0.625. The molecule has 4 nitrogen and oxygen atoms in total. The molecule has 2 atom stereocenters. The van der Waals surface area contributed by atoms with Gasteiger partial charge < -0.3 is 14.9 Å². The minimum atomic E-state index is -0.628. The van der Waals surface area contributed by atoms with E-state index in [1.807, 2.05) is 0 Å². The van der Waals surface area contributed by atoms with E-state index in [0.717, 1.165) is 0 Å². The molecule has 4 heteroatoms. The van der Waals surface area contributed by atoms with Crippen molar-refractivity contribution in [1.29, 1.82) is 0 Å². The summed E-state index contributed by atoms with van der Waals surface area (Å²) in [6, 6.07) is 0. The Bertz CT molecular complexity index is 209. The Kier molecular flexibility index (Phi) is 2.83. The zero-order chi connectivity index (χ0) is 9.14. The van der Waals surface area contributed by atoms with Crippen LogP contribution in [-0.4, -0.2) is 36.0 Å². The molecule has 0 aromatic rings. The maximum Gasteiger partial charge on any atom is 0.312 e. The van der Waals surface area contributed by atoms with Crippen molar-refractivity contribution < 1.29 is 19.7 Å². The smallest absolute Gasteiger partial charge is 0.312 e. The second-order valence-electron chi connectivity index (χ2n) is 2.78. The van der Waals surface area contributed by atoms with Gasteiger partial charge >= 0.3 is 5.97 Å². The average molecular weight is 172 g/mol. The molecular formula is C8H12O4. The van der Waals surface area contributed by atoms with Gasteiger partial charge in [-0.05, 0) is 12.0 Å². The predicted molar refractivity (Wildman–Crippen MR) is 41.3 cm³/mol. The number of aliphatic hydroxyl groups is 2. The number of esters is 1. The van der Waals surface area contributed by atoms with Crippen molar-refractivity contribution in [2.45, 2.75) is 12.5 Å². The molecule has 0 unspecified atom stereocenters. The third-order valence-corrected chi connectivity index (χ3v) is 2.00. The molecule has 0 fully saturated rings. The van der Waals surface area contributed by atoms with E-state index in [-0.39, 0.29) is 6.61 Å². The van der Waals surface area contributed by atoms with E-state index in [1.165, 1.54) is 13.2 Å². The first kappa shape index (κ1) is 9.22. The van der Waals surface area contributed by atoms with Gasteiger partial charge in [0.2, 0.25) is 0 Å². The molecule has 0 amide bonds. The van der Waals surface area contributed by atoms with Crippen LogP contribution < -0.4 is 0 Å². The molecule has 0 bridgehead atoms. The van der Waals surface area contributed by atoms with Crippen LogP contribution in [0.5, 0.6) is 0 Å². The third-order valence-electron chi connectivity index (χ3n) is 2.00. The zero-order valence-corrected chi connectivity index (χ0v) is 6.86. The third kappa shape index (κ3) is 1.65. The summed E-state index contributed by atoms with van der Waals surface area (Å²) in [4.78, 5) is 11.0. The molecule has 0 saturated carbocycles. The van der Waals surface area contributed by atoms with Crippen LogP contribution in [-0.2, 0) is 9.53 Å². The Labute approximate surface area is 70.5 Å². The Morgan fingerprint density at radius 2 is 2.50 bits per heavy atom. The van der Waals surface area contributed by atoms with Gasteiger partial charge in [-0.1, -0.05) is 6.08 Å².